The molecule has 6 rings (SSSR count). The van der Waals surface area contributed by atoms with Gasteiger partial charge in [0.05, 0.1) is 24.0 Å². The van der Waals surface area contributed by atoms with Crippen LogP contribution in [0.5, 0.6) is 0 Å². The molecule has 1 N–H and O–H groups in total. The van der Waals surface area contributed by atoms with E-state index in [9.17, 15) is 4.79 Å². The predicted octanol–water partition coefficient (Wildman–Crippen LogP) is 3.52. The van der Waals surface area contributed by atoms with Crippen LogP contribution in [-0.2, 0) is 32.2 Å². The Kier molecular flexibility index (Phi) is 4.69. The van der Waals surface area contributed by atoms with E-state index in [-0.39, 0.29) is 5.56 Å². The minimum Gasteiger partial charge on any atom is -0.310 e. The van der Waals surface area contributed by atoms with Crippen molar-refractivity contribution in [1.29, 1.82) is 0 Å². The Morgan fingerprint density at radius 1 is 1.00 bits per heavy atom. The molecule has 1 aromatic carbocycles. The number of hydrogen-bond acceptors (Lipinski definition) is 5. The Balaban J connectivity index is 1.23. The van der Waals surface area contributed by atoms with Crippen LogP contribution in [0.25, 0.3) is 10.2 Å². The van der Waals surface area contributed by atoms with Crippen LogP contribution in [0.2, 0.25) is 0 Å². The van der Waals surface area contributed by atoms with Crippen LogP contribution >= 0.6 is 11.3 Å². The lowest BCUT2D eigenvalue weighted by atomic mass is 9.92. The third-order valence-electron chi connectivity index (χ3n) is 6.62. The maximum Gasteiger partial charge on any atom is 0.262 e. The molecule has 0 aliphatic heterocycles. The van der Waals surface area contributed by atoms with E-state index >= 15 is 0 Å². The molecule has 156 valence electrons. The highest BCUT2D eigenvalue weighted by Gasteiger charge is 2.28. The Morgan fingerprint density at radius 2 is 1.81 bits per heavy atom. The zero-order valence-corrected chi connectivity index (χ0v) is 18.1. The van der Waals surface area contributed by atoms with Crippen LogP contribution in [0.1, 0.15) is 33.7 Å². The van der Waals surface area contributed by atoms with E-state index in [4.69, 9.17) is 0 Å². The van der Waals surface area contributed by atoms with Crippen LogP contribution in [0, 0.1) is 0 Å². The van der Waals surface area contributed by atoms with Crippen molar-refractivity contribution in [1.82, 2.24) is 19.9 Å². The molecule has 5 nitrogen and oxygen atoms in total. The summed E-state index contributed by atoms with van der Waals surface area (Å²) < 4.78 is 1.69. The van der Waals surface area contributed by atoms with Gasteiger partial charge in [-0.1, -0.05) is 30.3 Å². The third kappa shape index (κ3) is 3.50. The normalized spacial score (nSPS) is 18.3. The Bertz CT molecular complexity index is 1290. The van der Waals surface area contributed by atoms with E-state index < -0.39 is 0 Å². The topological polar surface area (TPSA) is 59.8 Å². The van der Waals surface area contributed by atoms with Gasteiger partial charge >= 0.3 is 0 Å². The maximum absolute atomic E-state index is 13.2. The van der Waals surface area contributed by atoms with E-state index in [0.717, 1.165) is 48.0 Å². The quantitative estimate of drug-likeness (QED) is 0.540. The summed E-state index contributed by atoms with van der Waals surface area (Å²) in [6, 6.07) is 15.5. The summed E-state index contributed by atoms with van der Waals surface area (Å²) in [6.45, 7) is 0.458. The molecule has 2 aliphatic carbocycles. The highest BCUT2D eigenvalue weighted by molar-refractivity contribution is 7.18. The van der Waals surface area contributed by atoms with E-state index in [0.29, 0.717) is 18.6 Å². The number of hydrogen-bond donors (Lipinski definition) is 1. The zero-order valence-electron chi connectivity index (χ0n) is 17.3. The highest BCUT2D eigenvalue weighted by atomic mass is 32.1. The van der Waals surface area contributed by atoms with Gasteiger partial charge in [0, 0.05) is 23.2 Å². The molecule has 0 amide bonds. The fourth-order valence-corrected chi connectivity index (χ4v) is 6.39. The monoisotopic (exact) mass is 428 g/mol. The number of rotatable bonds is 4. The molecule has 0 radical (unpaired) electrons. The van der Waals surface area contributed by atoms with E-state index in [1.54, 1.807) is 28.4 Å². The van der Waals surface area contributed by atoms with Gasteiger partial charge in [-0.2, -0.15) is 0 Å². The molecule has 0 bridgehead atoms. The Hall–Kier alpha value is -2.83. The minimum atomic E-state index is 0.0609. The lowest BCUT2D eigenvalue weighted by Gasteiger charge is -2.26. The fourth-order valence-electron chi connectivity index (χ4n) is 5.13. The van der Waals surface area contributed by atoms with E-state index in [2.05, 4.69) is 39.6 Å². The van der Waals surface area contributed by atoms with Gasteiger partial charge in [0.15, 0.2) is 0 Å². The smallest absolute Gasteiger partial charge is 0.262 e. The standard InChI is InChI=1S/C25H24N4OS/c30-25-23-21-9-8-18(28-20-11-16-5-1-2-6-17(16)12-20)13-22(21)31-24(23)27-15-29(25)14-19-7-3-4-10-26-19/h1-7,10,15,18,20,28H,8-9,11-14H2/t18-/m0/s1. The van der Waals surface area contributed by atoms with Gasteiger partial charge in [0.2, 0.25) is 0 Å². The van der Waals surface area contributed by atoms with Crippen molar-refractivity contribution in [3.8, 4) is 0 Å². The first-order valence-corrected chi connectivity index (χ1v) is 11.8. The van der Waals surface area contributed by atoms with Gasteiger partial charge in [-0.25, -0.2) is 4.98 Å². The molecular formula is C25H24N4OS. The molecule has 0 fully saturated rings. The van der Waals surface area contributed by atoms with Crippen molar-refractivity contribution in [2.24, 2.45) is 0 Å². The van der Waals surface area contributed by atoms with Crippen LogP contribution in [-0.4, -0.2) is 26.6 Å². The lowest BCUT2D eigenvalue weighted by molar-refractivity contribution is 0.402. The van der Waals surface area contributed by atoms with Gasteiger partial charge in [0.25, 0.3) is 5.56 Å². The average Bonchev–Trinajstić information content (AvgIpc) is 3.37. The van der Waals surface area contributed by atoms with Crippen LogP contribution in [0.15, 0.2) is 59.8 Å². The predicted molar refractivity (Wildman–Crippen MR) is 124 cm³/mol. The Labute approximate surface area is 184 Å². The lowest BCUT2D eigenvalue weighted by Crippen LogP contribution is -2.41. The van der Waals surface area contributed by atoms with Gasteiger partial charge in [-0.3, -0.25) is 14.3 Å². The molecule has 0 unspecified atom stereocenters. The molecule has 6 heteroatoms. The average molecular weight is 429 g/mol. The van der Waals surface area contributed by atoms with Crippen molar-refractivity contribution in [3.63, 3.8) is 0 Å². The second kappa shape index (κ2) is 7.70. The summed E-state index contributed by atoms with van der Waals surface area (Å²) in [5.41, 5.74) is 5.12. The number of nitrogens with zero attached hydrogens (tertiary/aromatic N) is 3. The van der Waals surface area contributed by atoms with Crippen molar-refractivity contribution < 1.29 is 0 Å². The molecule has 3 heterocycles. The largest absolute Gasteiger partial charge is 0.310 e. The molecule has 31 heavy (non-hydrogen) atoms. The van der Waals surface area contributed by atoms with Crippen molar-refractivity contribution in [3.05, 3.63) is 92.6 Å². The van der Waals surface area contributed by atoms with Gasteiger partial charge in [0.1, 0.15) is 4.83 Å². The summed E-state index contributed by atoms with van der Waals surface area (Å²) in [4.78, 5) is 24.4. The zero-order chi connectivity index (χ0) is 20.8. The number of fused-ring (bicyclic) bond motifs is 4. The van der Waals surface area contributed by atoms with Gasteiger partial charge in [-0.05, 0) is 60.9 Å². The number of aryl methyl sites for hydroxylation is 1. The molecule has 0 saturated carbocycles. The second-order valence-corrected chi connectivity index (χ2v) is 9.75. The maximum atomic E-state index is 13.2. The van der Waals surface area contributed by atoms with Crippen molar-refractivity contribution in [2.45, 2.75) is 50.7 Å². The number of pyridine rings is 1. The molecule has 3 aromatic heterocycles. The van der Waals surface area contributed by atoms with Crippen molar-refractivity contribution >= 4 is 21.6 Å². The highest BCUT2D eigenvalue weighted by Crippen LogP contribution is 2.34. The number of aromatic nitrogens is 3. The fraction of sp³-hybridized carbons (Fsp3) is 0.320. The van der Waals surface area contributed by atoms with Gasteiger partial charge < -0.3 is 5.32 Å². The third-order valence-corrected chi connectivity index (χ3v) is 7.78. The first-order valence-electron chi connectivity index (χ1n) is 11.0. The summed E-state index contributed by atoms with van der Waals surface area (Å²) in [7, 11) is 0. The summed E-state index contributed by atoms with van der Waals surface area (Å²) >= 11 is 1.70. The molecule has 4 aromatic rings. The molecule has 2 aliphatic rings. The van der Waals surface area contributed by atoms with E-state index in [1.807, 2.05) is 18.2 Å². The summed E-state index contributed by atoms with van der Waals surface area (Å²) in [5.74, 6) is 0. The number of benzene rings is 1. The van der Waals surface area contributed by atoms with E-state index in [1.165, 1.54) is 21.6 Å². The van der Waals surface area contributed by atoms with Gasteiger partial charge in [-0.15, -0.1) is 11.3 Å². The molecule has 0 spiro atoms. The second-order valence-electron chi connectivity index (χ2n) is 8.66. The Morgan fingerprint density at radius 3 is 2.58 bits per heavy atom. The molecule has 0 saturated heterocycles. The summed E-state index contributed by atoms with van der Waals surface area (Å²) in [6.07, 6.45) is 8.67. The molecular weight excluding hydrogens is 404 g/mol. The van der Waals surface area contributed by atoms with Crippen LogP contribution in [0.4, 0.5) is 0 Å². The number of nitrogens with one attached hydrogen (secondary N) is 1. The van der Waals surface area contributed by atoms with Crippen molar-refractivity contribution in [2.75, 3.05) is 0 Å². The van der Waals surface area contributed by atoms with Crippen LogP contribution < -0.4 is 10.9 Å². The van der Waals surface area contributed by atoms with Crippen LogP contribution in [0.3, 0.4) is 0 Å². The SMILES string of the molecule is O=c1c2c3c(sc2ncn1Cc1ccccn1)C[C@@H](NC1Cc2ccccc2C1)CC3. The molecule has 1 atom stereocenters. The summed E-state index contributed by atoms with van der Waals surface area (Å²) in [5, 5.41) is 4.73. The first-order chi connectivity index (χ1) is 15.2. The minimum absolute atomic E-state index is 0.0609. The number of thiophene rings is 1. The first kappa shape index (κ1) is 18.9.